The lowest BCUT2D eigenvalue weighted by molar-refractivity contribution is 0.132. The van der Waals surface area contributed by atoms with E-state index >= 15 is 0 Å². The van der Waals surface area contributed by atoms with Gasteiger partial charge in [0, 0.05) is 0 Å². The van der Waals surface area contributed by atoms with Crippen LogP contribution in [-0.4, -0.2) is 23.6 Å². The van der Waals surface area contributed by atoms with Crippen LogP contribution in [-0.2, 0) is 28.6 Å². The summed E-state index contributed by atoms with van der Waals surface area (Å²) in [5.41, 5.74) is 1.57. The van der Waals surface area contributed by atoms with Crippen LogP contribution < -0.4 is 0 Å². The van der Waals surface area contributed by atoms with Crippen molar-refractivity contribution >= 4 is 32.4 Å². The Morgan fingerprint density at radius 1 is 0.808 bits per heavy atom. The molecule has 2 rings (SSSR count). The summed E-state index contributed by atoms with van der Waals surface area (Å²) in [7, 11) is -8.27. The summed E-state index contributed by atoms with van der Waals surface area (Å²) in [6.07, 6.45) is 5.19. The van der Waals surface area contributed by atoms with Gasteiger partial charge in [-0.25, -0.2) is 8.37 Å². The Morgan fingerprint density at radius 3 is 1.62 bits per heavy atom. The number of allylic oxidation sites excluding steroid dienone is 1. The van der Waals surface area contributed by atoms with Gasteiger partial charge in [0.15, 0.2) is 6.79 Å². The molecule has 0 amide bonds. The molecule has 2 aromatic carbocycles. The fourth-order valence-corrected chi connectivity index (χ4v) is 3.61. The Balaban J connectivity index is 2.03. The summed E-state index contributed by atoms with van der Waals surface area (Å²) in [6, 6.07) is 11.7. The van der Waals surface area contributed by atoms with E-state index in [1.54, 1.807) is 30.3 Å². The SMILES string of the molecule is C=Cc1ccc(S(=O)(=O)OCOS(=O)(=O)c2ccc(/C=C/C)cc2)cc1. The van der Waals surface area contributed by atoms with Crippen LogP contribution >= 0.6 is 0 Å². The lowest BCUT2D eigenvalue weighted by Crippen LogP contribution is -2.14. The molecule has 26 heavy (non-hydrogen) atoms. The zero-order valence-corrected chi connectivity index (χ0v) is 15.7. The molecule has 0 fully saturated rings. The van der Waals surface area contributed by atoms with Gasteiger partial charge in [0.05, 0.1) is 9.79 Å². The molecule has 0 saturated heterocycles. The van der Waals surface area contributed by atoms with Gasteiger partial charge in [-0.2, -0.15) is 16.8 Å². The van der Waals surface area contributed by atoms with Crippen molar-refractivity contribution in [2.45, 2.75) is 16.7 Å². The molecule has 0 bridgehead atoms. The van der Waals surface area contributed by atoms with Crippen molar-refractivity contribution in [3.8, 4) is 0 Å². The summed E-state index contributed by atoms with van der Waals surface area (Å²) in [4.78, 5) is -0.207. The van der Waals surface area contributed by atoms with Crippen molar-refractivity contribution in [3.05, 3.63) is 72.3 Å². The number of hydrogen-bond acceptors (Lipinski definition) is 6. The highest BCUT2D eigenvalue weighted by Crippen LogP contribution is 2.17. The average molecular weight is 394 g/mol. The van der Waals surface area contributed by atoms with Gasteiger partial charge in [0.1, 0.15) is 0 Å². The van der Waals surface area contributed by atoms with Crippen molar-refractivity contribution in [1.29, 1.82) is 0 Å². The predicted molar refractivity (Wildman–Crippen MR) is 99.1 cm³/mol. The molecule has 0 heterocycles. The van der Waals surface area contributed by atoms with E-state index in [9.17, 15) is 16.8 Å². The Morgan fingerprint density at radius 2 is 1.23 bits per heavy atom. The zero-order chi connectivity index (χ0) is 19.2. The fourth-order valence-electron chi connectivity index (χ4n) is 1.99. The Kier molecular flexibility index (Phi) is 6.49. The quantitative estimate of drug-likeness (QED) is 0.504. The third-order valence-electron chi connectivity index (χ3n) is 3.34. The molecule has 0 aromatic heterocycles. The molecule has 0 aliphatic rings. The van der Waals surface area contributed by atoms with Gasteiger partial charge in [-0.3, -0.25) is 0 Å². The van der Waals surface area contributed by atoms with Crippen LogP contribution in [0.5, 0.6) is 0 Å². The largest absolute Gasteiger partial charge is 0.299 e. The lowest BCUT2D eigenvalue weighted by Gasteiger charge is -2.08. The van der Waals surface area contributed by atoms with E-state index in [0.29, 0.717) is 0 Å². The first-order chi connectivity index (χ1) is 12.3. The highest BCUT2D eigenvalue weighted by Gasteiger charge is 2.19. The van der Waals surface area contributed by atoms with Gasteiger partial charge in [-0.1, -0.05) is 49.1 Å². The van der Waals surface area contributed by atoms with Crippen molar-refractivity contribution in [2.75, 3.05) is 6.79 Å². The van der Waals surface area contributed by atoms with E-state index in [4.69, 9.17) is 0 Å². The number of hydrogen-bond donors (Lipinski definition) is 0. The van der Waals surface area contributed by atoms with Crippen molar-refractivity contribution in [1.82, 2.24) is 0 Å². The van der Waals surface area contributed by atoms with Crippen LogP contribution in [0, 0.1) is 0 Å². The third kappa shape index (κ3) is 5.12. The second kappa shape index (κ2) is 8.41. The maximum atomic E-state index is 12.1. The number of benzene rings is 2. The lowest BCUT2D eigenvalue weighted by atomic mass is 10.2. The van der Waals surface area contributed by atoms with E-state index in [1.165, 1.54) is 24.3 Å². The standard InChI is InChI=1S/C18H18O6S2/c1-3-5-16-8-12-18(13-9-16)26(21,22)24-14-23-25(19,20)17-10-6-15(4-2)7-11-17/h3-13H,2,14H2,1H3/b5-3+. The first-order valence-electron chi connectivity index (χ1n) is 7.52. The predicted octanol–water partition coefficient (Wildman–Crippen LogP) is 3.43. The Hall–Kier alpha value is -2.26. The minimum absolute atomic E-state index is 0.0953. The normalized spacial score (nSPS) is 12.3. The Bertz CT molecular complexity index is 987. The first kappa shape index (κ1) is 20.1. The van der Waals surface area contributed by atoms with Crippen molar-refractivity contribution in [2.24, 2.45) is 0 Å². The molecule has 0 aliphatic carbocycles. The molecule has 8 heteroatoms. The molecular weight excluding hydrogens is 376 g/mol. The zero-order valence-electron chi connectivity index (χ0n) is 14.0. The van der Waals surface area contributed by atoms with E-state index in [1.807, 2.05) is 19.1 Å². The average Bonchev–Trinajstić information content (AvgIpc) is 2.62. The summed E-state index contributed by atoms with van der Waals surface area (Å²) in [6.45, 7) is 4.46. The highest BCUT2D eigenvalue weighted by atomic mass is 32.2. The van der Waals surface area contributed by atoms with Crippen LogP contribution in [0.2, 0.25) is 0 Å². The molecule has 0 atom stereocenters. The second-order valence-corrected chi connectivity index (χ2v) is 8.33. The van der Waals surface area contributed by atoms with Gasteiger partial charge in [-0.05, 0) is 42.3 Å². The topological polar surface area (TPSA) is 86.7 Å². The molecule has 2 aromatic rings. The third-order valence-corrected chi connectivity index (χ3v) is 5.85. The smallest absolute Gasteiger partial charge is 0.236 e. The van der Waals surface area contributed by atoms with Gasteiger partial charge < -0.3 is 0 Å². The molecule has 0 saturated carbocycles. The second-order valence-electron chi connectivity index (χ2n) is 5.10. The minimum atomic E-state index is -4.14. The van der Waals surface area contributed by atoms with Crippen LogP contribution in [0.1, 0.15) is 18.1 Å². The van der Waals surface area contributed by atoms with Crippen LogP contribution in [0.4, 0.5) is 0 Å². The molecule has 0 spiro atoms. The first-order valence-corrected chi connectivity index (χ1v) is 10.3. The van der Waals surface area contributed by atoms with Crippen molar-refractivity contribution < 1.29 is 25.2 Å². The van der Waals surface area contributed by atoms with E-state index in [-0.39, 0.29) is 9.79 Å². The molecule has 0 unspecified atom stereocenters. The molecule has 0 radical (unpaired) electrons. The van der Waals surface area contributed by atoms with Crippen LogP contribution in [0.3, 0.4) is 0 Å². The van der Waals surface area contributed by atoms with Gasteiger partial charge in [-0.15, -0.1) is 0 Å². The summed E-state index contributed by atoms with van der Waals surface area (Å²) >= 11 is 0. The van der Waals surface area contributed by atoms with Crippen LogP contribution in [0.15, 0.2) is 71.0 Å². The van der Waals surface area contributed by atoms with Gasteiger partial charge >= 0.3 is 0 Å². The monoisotopic (exact) mass is 394 g/mol. The van der Waals surface area contributed by atoms with Gasteiger partial charge in [0.25, 0.3) is 20.2 Å². The minimum Gasteiger partial charge on any atom is -0.236 e. The number of rotatable bonds is 8. The van der Waals surface area contributed by atoms with Crippen molar-refractivity contribution in [3.63, 3.8) is 0 Å². The maximum absolute atomic E-state index is 12.1. The molecule has 138 valence electrons. The van der Waals surface area contributed by atoms with E-state index in [0.717, 1.165) is 11.1 Å². The summed E-state index contributed by atoms with van der Waals surface area (Å²) in [5.74, 6) is 0. The highest BCUT2D eigenvalue weighted by molar-refractivity contribution is 7.87. The maximum Gasteiger partial charge on any atom is 0.299 e. The fraction of sp³-hybridized carbons (Fsp3) is 0.111. The van der Waals surface area contributed by atoms with Gasteiger partial charge in [0.2, 0.25) is 0 Å². The summed E-state index contributed by atoms with van der Waals surface area (Å²) < 4.78 is 57.5. The Labute approximate surface area is 153 Å². The van der Waals surface area contributed by atoms with Crippen LogP contribution in [0.25, 0.3) is 12.2 Å². The molecule has 0 N–H and O–H groups in total. The molecule has 0 aliphatic heterocycles. The van der Waals surface area contributed by atoms with E-state index in [2.05, 4.69) is 14.9 Å². The molecule has 6 nitrogen and oxygen atoms in total. The summed E-state index contributed by atoms with van der Waals surface area (Å²) in [5, 5.41) is 0. The molecular formula is C18H18O6S2. The van der Waals surface area contributed by atoms with E-state index < -0.39 is 27.0 Å².